The lowest BCUT2D eigenvalue weighted by Gasteiger charge is -2.27. The average Bonchev–Trinajstić information content (AvgIpc) is 3.22. The number of amides is 2. The number of rotatable bonds is 5. The topological polar surface area (TPSA) is 97.3 Å². The number of aliphatic imine (C=N–C) groups is 1. The van der Waals surface area contributed by atoms with Crippen molar-refractivity contribution in [1.29, 1.82) is 0 Å². The molecule has 0 spiro atoms. The molecule has 1 N–H and O–H groups in total. The van der Waals surface area contributed by atoms with Crippen molar-refractivity contribution in [3.05, 3.63) is 16.0 Å². The van der Waals surface area contributed by atoms with Crippen LogP contribution >= 0.6 is 23.1 Å². The van der Waals surface area contributed by atoms with E-state index in [9.17, 15) is 14.4 Å². The molecule has 1 fully saturated rings. The Balaban J connectivity index is 1.67. The number of thioether (sulfide) groups is 1. The molecular weight excluding hydrogens is 414 g/mol. The first-order valence-corrected chi connectivity index (χ1v) is 11.1. The molecule has 3 heterocycles. The van der Waals surface area contributed by atoms with Gasteiger partial charge in [-0.05, 0) is 18.4 Å². The molecule has 2 aliphatic heterocycles. The Morgan fingerprint density at radius 3 is 2.66 bits per heavy atom. The molecule has 0 bridgehead atoms. The minimum absolute atomic E-state index is 0.00455. The number of thiophene rings is 1. The Morgan fingerprint density at radius 2 is 2.03 bits per heavy atom. The fourth-order valence-corrected chi connectivity index (χ4v) is 5.59. The van der Waals surface area contributed by atoms with E-state index >= 15 is 0 Å². The van der Waals surface area contributed by atoms with E-state index in [1.54, 1.807) is 0 Å². The lowest BCUT2D eigenvalue weighted by atomic mass is 10.1. The summed E-state index contributed by atoms with van der Waals surface area (Å²) in [5.41, 5.74) is 1.20. The van der Waals surface area contributed by atoms with Crippen LogP contribution in [0.4, 0.5) is 5.00 Å². The fourth-order valence-electron chi connectivity index (χ4n) is 3.26. The lowest BCUT2D eigenvalue weighted by molar-refractivity contribution is -0.121. The zero-order chi connectivity index (χ0) is 21.1. The number of esters is 1. The molecule has 0 aromatic carbocycles. The minimum atomic E-state index is -0.556. The summed E-state index contributed by atoms with van der Waals surface area (Å²) in [6.07, 6.45) is -0.00455. The van der Waals surface area contributed by atoms with Crippen LogP contribution in [0.3, 0.4) is 0 Å². The number of amidine groups is 1. The molecule has 0 radical (unpaired) electrons. The number of methoxy groups -OCH3 is 1. The summed E-state index contributed by atoms with van der Waals surface area (Å²) in [4.78, 5) is 44.3. The molecule has 3 rings (SSSR count). The first-order chi connectivity index (χ1) is 13.8. The Bertz CT molecular complexity index is 843. The highest BCUT2D eigenvalue weighted by atomic mass is 32.2. The second-order valence-electron chi connectivity index (χ2n) is 7.13. The number of carbonyl (C=O) groups is 3. The average molecular weight is 440 g/mol. The second kappa shape index (κ2) is 9.27. The summed E-state index contributed by atoms with van der Waals surface area (Å²) >= 11 is 2.69. The summed E-state index contributed by atoms with van der Waals surface area (Å²) < 4.78 is 10.2. The van der Waals surface area contributed by atoms with Gasteiger partial charge in [-0.3, -0.25) is 9.59 Å². The van der Waals surface area contributed by atoms with Crippen LogP contribution in [0.2, 0.25) is 0 Å². The summed E-state index contributed by atoms with van der Waals surface area (Å²) in [6.45, 7) is 8.50. The molecule has 158 valence electrons. The van der Waals surface area contributed by atoms with Crippen molar-refractivity contribution >= 4 is 51.1 Å². The highest BCUT2D eigenvalue weighted by molar-refractivity contribution is 8.15. The molecule has 1 aromatic heterocycles. The molecule has 2 aliphatic rings. The molecule has 10 heteroatoms. The molecule has 1 atom stereocenters. The number of morpholine rings is 1. The van der Waals surface area contributed by atoms with Gasteiger partial charge in [0.25, 0.3) is 5.91 Å². The number of carbonyl (C=O) groups excluding carboxylic acids is 3. The van der Waals surface area contributed by atoms with Crippen LogP contribution in [-0.4, -0.2) is 66.5 Å². The number of anilines is 1. The van der Waals surface area contributed by atoms with Crippen molar-refractivity contribution in [3.63, 3.8) is 0 Å². The summed E-state index contributed by atoms with van der Waals surface area (Å²) in [7, 11) is 1.32. The molecular formula is C19H25N3O5S2. The Morgan fingerprint density at radius 1 is 1.34 bits per heavy atom. The van der Waals surface area contributed by atoms with Crippen LogP contribution in [0.1, 0.15) is 47.0 Å². The summed E-state index contributed by atoms with van der Waals surface area (Å²) in [5.74, 6) is -0.892. The third-order valence-corrected chi connectivity index (χ3v) is 7.45. The van der Waals surface area contributed by atoms with E-state index in [4.69, 9.17) is 9.47 Å². The van der Waals surface area contributed by atoms with Gasteiger partial charge in [0.05, 0.1) is 25.9 Å². The van der Waals surface area contributed by atoms with E-state index in [1.807, 2.05) is 25.7 Å². The van der Waals surface area contributed by atoms with Gasteiger partial charge < -0.3 is 19.7 Å². The predicted octanol–water partition coefficient (Wildman–Crippen LogP) is 2.63. The zero-order valence-corrected chi connectivity index (χ0v) is 18.6. The van der Waals surface area contributed by atoms with Crippen molar-refractivity contribution < 1.29 is 23.9 Å². The normalized spacial score (nSPS) is 19.5. The number of nitrogens with zero attached hydrogens (tertiary/aromatic N) is 2. The van der Waals surface area contributed by atoms with E-state index in [0.717, 1.165) is 10.4 Å². The molecule has 1 saturated heterocycles. The quantitative estimate of drug-likeness (QED) is 0.705. The van der Waals surface area contributed by atoms with E-state index in [0.29, 0.717) is 42.0 Å². The standard InChI is InChI=1S/C19H25N3O5S2/c1-10(2)15-11(3)14(18(25)26-4)17(29-15)20-13(23)9-12-16(24)21-19(28-12)22-5-7-27-8-6-22/h10,12H,5-9H2,1-4H3,(H,20,23). The van der Waals surface area contributed by atoms with Crippen molar-refractivity contribution in [3.8, 4) is 0 Å². The second-order valence-corrected chi connectivity index (χ2v) is 9.35. The highest BCUT2D eigenvalue weighted by Gasteiger charge is 2.34. The van der Waals surface area contributed by atoms with Gasteiger partial charge in [-0.1, -0.05) is 25.6 Å². The van der Waals surface area contributed by atoms with Crippen LogP contribution in [0, 0.1) is 6.92 Å². The van der Waals surface area contributed by atoms with Crippen molar-refractivity contribution in [2.75, 3.05) is 38.7 Å². The van der Waals surface area contributed by atoms with E-state index in [2.05, 4.69) is 10.3 Å². The van der Waals surface area contributed by atoms with Crippen LogP contribution in [0.5, 0.6) is 0 Å². The van der Waals surface area contributed by atoms with Crippen LogP contribution in [-0.2, 0) is 19.1 Å². The maximum absolute atomic E-state index is 12.6. The van der Waals surface area contributed by atoms with Gasteiger partial charge in [0.15, 0.2) is 5.17 Å². The highest BCUT2D eigenvalue weighted by Crippen LogP contribution is 2.38. The fraction of sp³-hybridized carbons (Fsp3) is 0.579. The summed E-state index contributed by atoms with van der Waals surface area (Å²) in [5, 5.41) is 3.38. The lowest BCUT2D eigenvalue weighted by Crippen LogP contribution is -2.39. The number of hydrogen-bond acceptors (Lipinski definition) is 8. The summed E-state index contributed by atoms with van der Waals surface area (Å²) in [6, 6.07) is 0. The van der Waals surface area contributed by atoms with Crippen LogP contribution in [0.15, 0.2) is 4.99 Å². The maximum atomic E-state index is 12.6. The molecule has 0 aliphatic carbocycles. The van der Waals surface area contributed by atoms with Crippen molar-refractivity contribution in [2.24, 2.45) is 4.99 Å². The van der Waals surface area contributed by atoms with Crippen LogP contribution in [0.25, 0.3) is 0 Å². The van der Waals surface area contributed by atoms with E-state index in [1.165, 1.54) is 30.2 Å². The first kappa shape index (κ1) is 21.8. The molecule has 29 heavy (non-hydrogen) atoms. The Hall–Kier alpha value is -1.91. The number of nitrogens with one attached hydrogen (secondary N) is 1. The third-order valence-electron chi connectivity index (χ3n) is 4.73. The molecule has 8 nitrogen and oxygen atoms in total. The Labute approximate surface area is 178 Å². The van der Waals surface area contributed by atoms with Crippen LogP contribution < -0.4 is 5.32 Å². The molecule has 2 amide bonds. The van der Waals surface area contributed by atoms with Gasteiger partial charge >= 0.3 is 5.97 Å². The van der Waals surface area contributed by atoms with E-state index < -0.39 is 11.2 Å². The van der Waals surface area contributed by atoms with Gasteiger partial charge in [-0.15, -0.1) is 11.3 Å². The minimum Gasteiger partial charge on any atom is -0.465 e. The predicted molar refractivity (Wildman–Crippen MR) is 114 cm³/mol. The molecule has 1 aromatic rings. The monoisotopic (exact) mass is 439 g/mol. The van der Waals surface area contributed by atoms with Gasteiger partial charge in [-0.2, -0.15) is 4.99 Å². The molecule has 1 unspecified atom stereocenters. The van der Waals surface area contributed by atoms with Crippen molar-refractivity contribution in [1.82, 2.24) is 4.90 Å². The smallest absolute Gasteiger partial charge is 0.341 e. The van der Waals surface area contributed by atoms with Gasteiger partial charge in [0, 0.05) is 24.4 Å². The maximum Gasteiger partial charge on any atom is 0.341 e. The van der Waals surface area contributed by atoms with Gasteiger partial charge in [0.2, 0.25) is 5.91 Å². The first-order valence-electron chi connectivity index (χ1n) is 9.45. The number of ether oxygens (including phenoxy) is 2. The van der Waals surface area contributed by atoms with Gasteiger partial charge in [-0.25, -0.2) is 4.79 Å². The van der Waals surface area contributed by atoms with Gasteiger partial charge in [0.1, 0.15) is 10.3 Å². The molecule has 0 saturated carbocycles. The zero-order valence-electron chi connectivity index (χ0n) is 16.9. The third kappa shape index (κ3) is 4.81. The Kier molecular flexibility index (Phi) is 6.97. The SMILES string of the molecule is COC(=O)c1c(NC(=O)CC2SC(N3CCOCC3)=NC2=O)sc(C(C)C)c1C. The van der Waals surface area contributed by atoms with E-state index in [-0.39, 0.29) is 24.2 Å². The largest absolute Gasteiger partial charge is 0.465 e. The number of hydrogen-bond donors (Lipinski definition) is 1. The van der Waals surface area contributed by atoms with Crippen molar-refractivity contribution in [2.45, 2.75) is 38.4 Å².